The predicted octanol–water partition coefficient (Wildman–Crippen LogP) is 2.97. The number of ether oxygens (including phenoxy) is 1. The summed E-state index contributed by atoms with van der Waals surface area (Å²) in [5.41, 5.74) is -0.0419. The Morgan fingerprint density at radius 1 is 1.39 bits per heavy atom. The van der Waals surface area contributed by atoms with Crippen molar-refractivity contribution in [1.82, 2.24) is 0 Å². The fourth-order valence-electron chi connectivity index (χ4n) is 1.17. The summed E-state index contributed by atoms with van der Waals surface area (Å²) in [5, 5.41) is 13.2. The van der Waals surface area contributed by atoms with Crippen molar-refractivity contribution < 1.29 is 22.8 Å². The zero-order chi connectivity index (χ0) is 13.9. The summed E-state index contributed by atoms with van der Waals surface area (Å²) in [6.07, 6.45) is -6.56. The van der Waals surface area contributed by atoms with Gasteiger partial charge in [0.1, 0.15) is 5.75 Å². The molecule has 1 aromatic carbocycles. The molecule has 1 rings (SSSR count). The number of hydrogen-bond donors (Lipinski definition) is 1. The molecule has 0 aliphatic carbocycles. The Bertz CT molecular complexity index is 448. The molecule has 0 heterocycles. The van der Waals surface area contributed by atoms with Crippen molar-refractivity contribution in [1.29, 1.82) is 0 Å². The first-order valence-corrected chi connectivity index (χ1v) is 4.94. The van der Waals surface area contributed by atoms with Crippen molar-refractivity contribution in [3.8, 4) is 5.75 Å². The molecule has 1 atom stereocenters. The maximum absolute atomic E-state index is 12.3. The van der Waals surface area contributed by atoms with Gasteiger partial charge in [0, 0.05) is 24.9 Å². The molecule has 0 saturated carbocycles. The summed E-state index contributed by atoms with van der Waals surface area (Å²) in [6.45, 7) is 0.831. The van der Waals surface area contributed by atoms with E-state index in [9.17, 15) is 23.3 Å². The van der Waals surface area contributed by atoms with Gasteiger partial charge in [-0.3, -0.25) is 10.1 Å². The van der Waals surface area contributed by atoms with Crippen LogP contribution in [0.4, 0.5) is 24.5 Å². The van der Waals surface area contributed by atoms with E-state index < -0.39 is 17.2 Å². The molecule has 1 unspecified atom stereocenters. The molecule has 5 nitrogen and oxygen atoms in total. The minimum Gasteiger partial charge on any atom is -0.481 e. The van der Waals surface area contributed by atoms with Crippen LogP contribution < -0.4 is 10.1 Å². The Morgan fingerprint density at radius 3 is 2.44 bits per heavy atom. The lowest BCUT2D eigenvalue weighted by molar-refractivity contribution is -0.384. The van der Waals surface area contributed by atoms with Gasteiger partial charge in [0.05, 0.1) is 11.0 Å². The van der Waals surface area contributed by atoms with Crippen LogP contribution >= 0.6 is 0 Å². The summed E-state index contributed by atoms with van der Waals surface area (Å²) in [6, 6.07) is 3.41. The van der Waals surface area contributed by atoms with Gasteiger partial charge in [0.2, 0.25) is 0 Å². The van der Waals surface area contributed by atoms with E-state index in [1.165, 1.54) is 19.2 Å². The van der Waals surface area contributed by atoms with Crippen LogP contribution in [0.15, 0.2) is 18.2 Å². The third kappa shape index (κ3) is 3.51. The molecular formula is C10H11F3N2O3. The van der Waals surface area contributed by atoms with Crippen LogP contribution in [0.25, 0.3) is 0 Å². The van der Waals surface area contributed by atoms with E-state index in [0.717, 1.165) is 13.0 Å². The Morgan fingerprint density at radius 2 is 2.00 bits per heavy atom. The molecule has 0 aliphatic rings. The molecule has 1 N–H and O–H groups in total. The van der Waals surface area contributed by atoms with Crippen molar-refractivity contribution in [2.45, 2.75) is 19.2 Å². The van der Waals surface area contributed by atoms with Gasteiger partial charge in [-0.2, -0.15) is 13.2 Å². The van der Waals surface area contributed by atoms with E-state index in [2.05, 4.69) is 10.1 Å². The molecule has 8 heteroatoms. The molecule has 0 aromatic heterocycles. The summed E-state index contributed by atoms with van der Waals surface area (Å²) < 4.78 is 41.5. The maximum atomic E-state index is 12.3. The van der Waals surface area contributed by atoms with Crippen LogP contribution in [0.1, 0.15) is 6.92 Å². The van der Waals surface area contributed by atoms with Crippen LogP contribution in [0.3, 0.4) is 0 Å². The quantitative estimate of drug-likeness (QED) is 0.670. The number of benzene rings is 1. The van der Waals surface area contributed by atoms with Gasteiger partial charge >= 0.3 is 6.18 Å². The molecule has 100 valence electrons. The summed E-state index contributed by atoms with van der Waals surface area (Å²) in [4.78, 5) is 9.90. The zero-order valence-corrected chi connectivity index (χ0v) is 9.62. The third-order valence-electron chi connectivity index (χ3n) is 2.16. The second-order valence-electron chi connectivity index (χ2n) is 3.52. The minimum atomic E-state index is -4.52. The maximum Gasteiger partial charge on any atom is 0.425 e. The van der Waals surface area contributed by atoms with Crippen molar-refractivity contribution in [3.63, 3.8) is 0 Å². The molecule has 0 bridgehead atoms. The van der Waals surface area contributed by atoms with E-state index in [0.29, 0.717) is 5.69 Å². The lowest BCUT2D eigenvalue weighted by Crippen LogP contribution is -2.31. The van der Waals surface area contributed by atoms with E-state index in [4.69, 9.17) is 0 Å². The zero-order valence-electron chi connectivity index (χ0n) is 9.62. The molecule has 0 spiro atoms. The fourth-order valence-corrected chi connectivity index (χ4v) is 1.17. The molecule has 0 fully saturated rings. The molecular weight excluding hydrogens is 253 g/mol. The van der Waals surface area contributed by atoms with Crippen LogP contribution in [0.2, 0.25) is 0 Å². The van der Waals surface area contributed by atoms with E-state index in [1.807, 2.05) is 0 Å². The molecule has 18 heavy (non-hydrogen) atoms. The number of halogens is 3. The number of rotatable bonds is 4. The Hall–Kier alpha value is -1.99. The highest BCUT2D eigenvalue weighted by Crippen LogP contribution is 2.29. The van der Waals surface area contributed by atoms with E-state index >= 15 is 0 Å². The van der Waals surface area contributed by atoms with Crippen LogP contribution in [-0.2, 0) is 0 Å². The topological polar surface area (TPSA) is 64.4 Å². The van der Waals surface area contributed by atoms with E-state index in [1.54, 1.807) is 0 Å². The first-order chi connectivity index (χ1) is 8.24. The average Bonchev–Trinajstić information content (AvgIpc) is 2.27. The largest absolute Gasteiger partial charge is 0.481 e. The van der Waals surface area contributed by atoms with Crippen LogP contribution in [0.5, 0.6) is 5.75 Å². The average molecular weight is 264 g/mol. The van der Waals surface area contributed by atoms with Gasteiger partial charge < -0.3 is 10.1 Å². The highest BCUT2D eigenvalue weighted by Gasteiger charge is 2.38. The highest BCUT2D eigenvalue weighted by atomic mass is 19.4. The first kappa shape index (κ1) is 14.1. The summed E-state index contributed by atoms with van der Waals surface area (Å²) in [5.74, 6) is -0.210. The van der Waals surface area contributed by atoms with Gasteiger partial charge in [-0.1, -0.05) is 0 Å². The van der Waals surface area contributed by atoms with Gasteiger partial charge in [-0.25, -0.2) is 0 Å². The highest BCUT2D eigenvalue weighted by molar-refractivity contribution is 5.56. The van der Waals surface area contributed by atoms with Crippen LogP contribution in [-0.4, -0.2) is 24.3 Å². The van der Waals surface area contributed by atoms with Gasteiger partial charge in [-0.15, -0.1) is 0 Å². The number of hydrogen-bond acceptors (Lipinski definition) is 4. The van der Waals surface area contributed by atoms with Gasteiger partial charge in [-0.05, 0) is 6.92 Å². The number of anilines is 1. The number of nitro groups is 1. The second kappa shape index (κ2) is 5.11. The second-order valence-corrected chi connectivity index (χ2v) is 3.52. The predicted molar refractivity (Wildman–Crippen MR) is 58.8 cm³/mol. The smallest absolute Gasteiger partial charge is 0.425 e. The Balaban J connectivity index is 3.02. The third-order valence-corrected chi connectivity index (χ3v) is 2.16. The fraction of sp³-hybridized carbons (Fsp3) is 0.400. The molecule has 0 aliphatic heterocycles. The first-order valence-electron chi connectivity index (χ1n) is 4.94. The number of nitrogens with one attached hydrogen (secondary N) is 1. The SMILES string of the molecule is CNc1cc(OC(C)C(F)(F)F)cc([N+](=O)[O-])c1. The molecule has 0 amide bonds. The van der Waals surface area contributed by atoms with Crippen LogP contribution in [0, 0.1) is 10.1 Å². The number of nitro benzene ring substituents is 1. The number of alkyl halides is 3. The van der Waals surface area contributed by atoms with Crippen molar-refractivity contribution in [2.24, 2.45) is 0 Å². The van der Waals surface area contributed by atoms with E-state index in [-0.39, 0.29) is 11.4 Å². The van der Waals surface area contributed by atoms with Gasteiger partial charge in [0.15, 0.2) is 6.10 Å². The van der Waals surface area contributed by atoms with Crippen molar-refractivity contribution in [3.05, 3.63) is 28.3 Å². The molecule has 0 saturated heterocycles. The summed E-state index contributed by atoms with van der Waals surface area (Å²) >= 11 is 0. The lowest BCUT2D eigenvalue weighted by Gasteiger charge is -2.17. The standard InChI is InChI=1S/C10H11F3N2O3/c1-6(10(11,12)13)18-9-4-7(14-2)3-8(5-9)15(16)17/h3-6,14H,1-2H3. The van der Waals surface area contributed by atoms with Crippen molar-refractivity contribution >= 4 is 11.4 Å². The number of nitrogens with zero attached hydrogens (tertiary/aromatic N) is 1. The van der Waals surface area contributed by atoms with Crippen molar-refractivity contribution in [2.75, 3.05) is 12.4 Å². The Kier molecular flexibility index (Phi) is 4.00. The Labute approximate surface area is 101 Å². The summed E-state index contributed by atoms with van der Waals surface area (Å²) in [7, 11) is 1.50. The normalized spacial score (nSPS) is 12.9. The molecule has 0 radical (unpaired) electrons. The number of non-ortho nitro benzene ring substituents is 1. The van der Waals surface area contributed by atoms with Gasteiger partial charge in [0.25, 0.3) is 5.69 Å². The monoisotopic (exact) mass is 264 g/mol. The minimum absolute atomic E-state index is 0.210. The lowest BCUT2D eigenvalue weighted by atomic mass is 10.2. The molecule has 1 aromatic rings.